The highest BCUT2D eigenvalue weighted by atomic mass is 32.1. The molecule has 0 spiro atoms. The van der Waals surface area contributed by atoms with Crippen molar-refractivity contribution in [1.82, 2.24) is 9.88 Å². The summed E-state index contributed by atoms with van der Waals surface area (Å²) >= 11 is 4.95. The number of aromatic amines is 1. The number of likely N-dealkylation sites (tertiary alicyclic amines) is 1. The highest BCUT2D eigenvalue weighted by Gasteiger charge is 2.21. The van der Waals surface area contributed by atoms with Crippen LogP contribution in [0.1, 0.15) is 32.6 Å². The Morgan fingerprint density at radius 3 is 2.83 bits per heavy atom. The largest absolute Gasteiger partial charge is 0.429 e. The molecular formula is C17H21N3O3S. The summed E-state index contributed by atoms with van der Waals surface area (Å²) in [6.45, 7) is 3.21. The number of piperidine rings is 1. The van der Waals surface area contributed by atoms with Crippen LogP contribution in [0.4, 0.5) is 5.69 Å². The second-order valence-electron chi connectivity index (χ2n) is 6.26. The average molecular weight is 347 g/mol. The SMILES string of the molecule is CC(=O)N1CCC(CCC(=O)Nc2ccc3[nH]c(=S)oc3c2)CC1. The maximum atomic E-state index is 12.1. The predicted octanol–water partition coefficient (Wildman–Crippen LogP) is 3.47. The lowest BCUT2D eigenvalue weighted by Gasteiger charge is -2.31. The van der Waals surface area contributed by atoms with Crippen molar-refractivity contribution in [2.75, 3.05) is 18.4 Å². The standard InChI is InChI=1S/C17H21N3O3S/c1-11(21)20-8-6-12(7-9-20)2-5-16(22)18-13-3-4-14-15(10-13)23-17(24)19-14/h3-4,10,12H,2,5-9H2,1H3,(H,18,22)(H,19,24). The van der Waals surface area contributed by atoms with Gasteiger partial charge in [0.05, 0.1) is 5.52 Å². The summed E-state index contributed by atoms with van der Waals surface area (Å²) in [6.07, 6.45) is 3.29. The minimum Gasteiger partial charge on any atom is -0.429 e. The van der Waals surface area contributed by atoms with Gasteiger partial charge in [-0.3, -0.25) is 9.59 Å². The molecule has 0 saturated carbocycles. The second kappa shape index (κ2) is 7.17. The Morgan fingerprint density at radius 1 is 1.38 bits per heavy atom. The number of benzene rings is 1. The van der Waals surface area contributed by atoms with Crippen molar-refractivity contribution in [1.29, 1.82) is 0 Å². The van der Waals surface area contributed by atoms with Crippen molar-refractivity contribution >= 4 is 40.8 Å². The molecule has 0 radical (unpaired) electrons. The van der Waals surface area contributed by atoms with Gasteiger partial charge in [-0.15, -0.1) is 0 Å². The predicted molar refractivity (Wildman–Crippen MR) is 94.2 cm³/mol. The molecule has 0 aliphatic carbocycles. The molecule has 2 heterocycles. The van der Waals surface area contributed by atoms with E-state index in [0.29, 0.717) is 28.4 Å². The highest BCUT2D eigenvalue weighted by Crippen LogP contribution is 2.23. The summed E-state index contributed by atoms with van der Waals surface area (Å²) in [5.41, 5.74) is 2.15. The van der Waals surface area contributed by atoms with Gasteiger partial charge in [0, 0.05) is 38.2 Å². The zero-order valence-electron chi connectivity index (χ0n) is 13.6. The van der Waals surface area contributed by atoms with Crippen molar-refractivity contribution in [3.63, 3.8) is 0 Å². The van der Waals surface area contributed by atoms with Crippen molar-refractivity contribution in [3.05, 3.63) is 23.0 Å². The summed E-state index contributed by atoms with van der Waals surface area (Å²) in [4.78, 5) is 28.6. The average Bonchev–Trinajstić information content (AvgIpc) is 2.92. The number of hydrogen-bond donors (Lipinski definition) is 2. The summed E-state index contributed by atoms with van der Waals surface area (Å²) in [5, 5.41) is 2.90. The molecule has 1 aromatic carbocycles. The molecule has 0 unspecified atom stereocenters. The summed E-state index contributed by atoms with van der Waals surface area (Å²) in [7, 11) is 0. The lowest BCUT2D eigenvalue weighted by molar-refractivity contribution is -0.130. The van der Waals surface area contributed by atoms with Gasteiger partial charge in [-0.1, -0.05) is 0 Å². The van der Waals surface area contributed by atoms with Gasteiger partial charge in [-0.25, -0.2) is 0 Å². The smallest absolute Gasteiger partial charge is 0.266 e. The summed E-state index contributed by atoms with van der Waals surface area (Å²) < 4.78 is 5.35. The van der Waals surface area contributed by atoms with Crippen LogP contribution in [0.15, 0.2) is 22.6 Å². The molecule has 128 valence electrons. The molecule has 1 fully saturated rings. The number of rotatable bonds is 4. The molecule has 1 aliphatic rings. The molecule has 2 amide bonds. The second-order valence-corrected chi connectivity index (χ2v) is 6.63. The molecular weight excluding hydrogens is 326 g/mol. The number of nitrogens with zero attached hydrogens (tertiary/aromatic N) is 1. The van der Waals surface area contributed by atoms with E-state index in [1.807, 2.05) is 17.0 Å². The molecule has 24 heavy (non-hydrogen) atoms. The van der Waals surface area contributed by atoms with E-state index < -0.39 is 0 Å². The lowest BCUT2D eigenvalue weighted by Crippen LogP contribution is -2.37. The van der Waals surface area contributed by atoms with Gasteiger partial charge < -0.3 is 19.6 Å². The van der Waals surface area contributed by atoms with Gasteiger partial charge in [-0.05, 0) is 49.5 Å². The Morgan fingerprint density at radius 2 is 2.12 bits per heavy atom. The Bertz CT molecular complexity index is 803. The number of oxazole rings is 1. The van der Waals surface area contributed by atoms with E-state index in [1.54, 1.807) is 13.0 Å². The molecule has 3 rings (SSSR count). The lowest BCUT2D eigenvalue weighted by atomic mass is 9.92. The Balaban J connectivity index is 1.48. The zero-order chi connectivity index (χ0) is 17.1. The maximum Gasteiger partial charge on any atom is 0.266 e. The van der Waals surface area contributed by atoms with Gasteiger partial charge >= 0.3 is 0 Å². The number of amides is 2. The topological polar surface area (TPSA) is 78.3 Å². The van der Waals surface area contributed by atoms with Crippen molar-refractivity contribution < 1.29 is 14.0 Å². The van der Waals surface area contributed by atoms with Crippen molar-refractivity contribution in [2.45, 2.75) is 32.6 Å². The third-order valence-corrected chi connectivity index (χ3v) is 4.73. The van der Waals surface area contributed by atoms with E-state index in [1.165, 1.54) is 0 Å². The number of fused-ring (bicyclic) bond motifs is 1. The van der Waals surface area contributed by atoms with Crippen LogP contribution in [0.2, 0.25) is 0 Å². The number of hydrogen-bond acceptors (Lipinski definition) is 4. The van der Waals surface area contributed by atoms with Crippen molar-refractivity contribution in [3.8, 4) is 0 Å². The Hall–Kier alpha value is -2.15. The first-order valence-electron chi connectivity index (χ1n) is 8.19. The number of carbonyl (C=O) groups excluding carboxylic acids is 2. The Labute approximate surface area is 145 Å². The molecule has 0 bridgehead atoms. The molecule has 7 heteroatoms. The first kappa shape index (κ1) is 16.7. The number of aromatic nitrogens is 1. The summed E-state index contributed by atoms with van der Waals surface area (Å²) in [5.74, 6) is 0.646. The first-order valence-corrected chi connectivity index (χ1v) is 8.60. The van der Waals surface area contributed by atoms with E-state index >= 15 is 0 Å². The first-order chi connectivity index (χ1) is 11.5. The van der Waals surface area contributed by atoms with Gasteiger partial charge in [0.25, 0.3) is 4.84 Å². The third-order valence-electron chi connectivity index (χ3n) is 4.54. The van der Waals surface area contributed by atoms with Gasteiger partial charge in [-0.2, -0.15) is 0 Å². The Kier molecular flexibility index (Phi) is 4.99. The van der Waals surface area contributed by atoms with Crippen molar-refractivity contribution in [2.24, 2.45) is 5.92 Å². The minimum absolute atomic E-state index is 0.00233. The van der Waals surface area contributed by atoms with Crippen LogP contribution < -0.4 is 5.32 Å². The van der Waals surface area contributed by atoms with Gasteiger partial charge in [0.1, 0.15) is 0 Å². The molecule has 1 saturated heterocycles. The van der Waals surface area contributed by atoms with E-state index in [4.69, 9.17) is 16.6 Å². The van der Waals surface area contributed by atoms with Crippen LogP contribution in [-0.2, 0) is 9.59 Å². The van der Waals surface area contributed by atoms with E-state index in [9.17, 15) is 9.59 Å². The highest BCUT2D eigenvalue weighted by molar-refractivity contribution is 7.71. The number of anilines is 1. The third kappa shape index (κ3) is 4.03. The van der Waals surface area contributed by atoms with Gasteiger partial charge in [0.2, 0.25) is 11.8 Å². The quantitative estimate of drug-likeness (QED) is 0.830. The normalized spacial score (nSPS) is 15.6. The van der Waals surface area contributed by atoms with Crippen LogP contribution in [0.5, 0.6) is 0 Å². The molecule has 2 aromatic rings. The minimum atomic E-state index is -0.00233. The van der Waals surface area contributed by atoms with E-state index in [0.717, 1.165) is 37.9 Å². The van der Waals surface area contributed by atoms with Crippen LogP contribution in [0.25, 0.3) is 11.1 Å². The number of H-pyrrole nitrogens is 1. The molecule has 6 nitrogen and oxygen atoms in total. The molecule has 1 aliphatic heterocycles. The molecule has 1 aromatic heterocycles. The number of carbonyl (C=O) groups is 2. The fraction of sp³-hybridized carbons (Fsp3) is 0.471. The zero-order valence-corrected chi connectivity index (χ0v) is 14.4. The van der Waals surface area contributed by atoms with Gasteiger partial charge in [0.15, 0.2) is 5.58 Å². The van der Waals surface area contributed by atoms with Crippen LogP contribution in [-0.4, -0.2) is 34.8 Å². The molecule has 0 atom stereocenters. The van der Waals surface area contributed by atoms with E-state index in [2.05, 4.69) is 10.3 Å². The van der Waals surface area contributed by atoms with Crippen LogP contribution in [0.3, 0.4) is 0 Å². The van der Waals surface area contributed by atoms with Crippen LogP contribution in [0, 0.1) is 10.8 Å². The fourth-order valence-corrected chi connectivity index (χ4v) is 3.32. The number of nitrogens with one attached hydrogen (secondary N) is 2. The van der Waals surface area contributed by atoms with Crippen LogP contribution >= 0.6 is 12.2 Å². The fourth-order valence-electron chi connectivity index (χ4n) is 3.12. The molecule has 2 N–H and O–H groups in total. The van der Waals surface area contributed by atoms with E-state index in [-0.39, 0.29) is 11.8 Å². The maximum absolute atomic E-state index is 12.1. The summed E-state index contributed by atoms with van der Waals surface area (Å²) in [6, 6.07) is 5.43. The monoisotopic (exact) mass is 347 g/mol.